The van der Waals surface area contributed by atoms with Crippen LogP contribution in [0.5, 0.6) is 5.75 Å². The van der Waals surface area contributed by atoms with Crippen LogP contribution in [0.3, 0.4) is 0 Å². The van der Waals surface area contributed by atoms with E-state index in [0.717, 1.165) is 5.56 Å². The average molecular weight is 381 g/mol. The molecule has 0 unspecified atom stereocenters. The molecule has 0 radical (unpaired) electrons. The lowest BCUT2D eigenvalue weighted by Crippen LogP contribution is -2.08. The zero-order valence-electron chi connectivity index (χ0n) is 13.9. The number of nitro groups is 1. The van der Waals surface area contributed by atoms with Crippen molar-refractivity contribution in [2.75, 3.05) is 0 Å². The van der Waals surface area contributed by atoms with Gasteiger partial charge in [-0.2, -0.15) is 0 Å². The Labute approximate surface area is 159 Å². The van der Waals surface area contributed by atoms with E-state index >= 15 is 0 Å². The van der Waals surface area contributed by atoms with Crippen molar-refractivity contribution in [1.29, 1.82) is 0 Å². The Morgan fingerprint density at radius 2 is 1.59 bits per heavy atom. The number of carbonyl (C=O) groups is 1. The van der Waals surface area contributed by atoms with Crippen LogP contribution in [-0.4, -0.2) is 17.1 Å². The molecule has 134 valence electrons. The maximum absolute atomic E-state index is 12.1. The smallest absolute Gasteiger partial charge is 0.343 e. The molecule has 3 aromatic carbocycles. The van der Waals surface area contributed by atoms with Crippen LogP contribution in [-0.2, 0) is 0 Å². The molecule has 0 amide bonds. The summed E-state index contributed by atoms with van der Waals surface area (Å²) >= 11 is 5.80. The minimum absolute atomic E-state index is 0.0116. The number of nitro benzene ring substituents is 1. The molecule has 6 nitrogen and oxygen atoms in total. The SMILES string of the molecule is O=C(Oc1ccc(Cl)cc1)c1ccc(C=Nc2ccc([N+](=O)[O-])cc2)cc1. The largest absolute Gasteiger partial charge is 0.423 e. The first kappa shape index (κ1) is 18.3. The number of rotatable bonds is 5. The third-order valence-corrected chi connectivity index (χ3v) is 3.85. The summed E-state index contributed by atoms with van der Waals surface area (Å²) in [6.07, 6.45) is 1.61. The molecule has 3 aromatic rings. The Morgan fingerprint density at radius 1 is 0.963 bits per heavy atom. The summed E-state index contributed by atoms with van der Waals surface area (Å²) < 4.78 is 5.27. The van der Waals surface area contributed by atoms with Crippen LogP contribution in [0.4, 0.5) is 11.4 Å². The Balaban J connectivity index is 1.64. The minimum Gasteiger partial charge on any atom is -0.423 e. The molecule has 0 saturated carbocycles. The summed E-state index contributed by atoms with van der Waals surface area (Å²) in [6.45, 7) is 0. The van der Waals surface area contributed by atoms with Crippen molar-refractivity contribution in [3.8, 4) is 5.75 Å². The quantitative estimate of drug-likeness (QED) is 0.200. The highest BCUT2D eigenvalue weighted by molar-refractivity contribution is 6.30. The Kier molecular flexibility index (Phi) is 5.58. The van der Waals surface area contributed by atoms with E-state index in [1.54, 1.807) is 66.9 Å². The molecule has 0 atom stereocenters. The van der Waals surface area contributed by atoms with E-state index in [9.17, 15) is 14.9 Å². The van der Waals surface area contributed by atoms with Gasteiger partial charge >= 0.3 is 5.97 Å². The monoisotopic (exact) mass is 380 g/mol. The molecular weight excluding hydrogens is 368 g/mol. The highest BCUT2D eigenvalue weighted by Gasteiger charge is 2.08. The summed E-state index contributed by atoms with van der Waals surface area (Å²) in [4.78, 5) is 26.6. The van der Waals surface area contributed by atoms with Gasteiger partial charge in [0.25, 0.3) is 5.69 Å². The highest BCUT2D eigenvalue weighted by atomic mass is 35.5. The maximum atomic E-state index is 12.1. The molecule has 0 saturated heterocycles. The molecule has 0 N–H and O–H groups in total. The van der Waals surface area contributed by atoms with Gasteiger partial charge in [0.2, 0.25) is 0 Å². The standard InChI is InChI=1S/C20H13ClN2O4/c21-16-5-11-19(12-6-16)27-20(24)15-3-1-14(2-4-15)13-22-17-7-9-18(10-8-17)23(25)26/h1-13H. The maximum Gasteiger partial charge on any atom is 0.343 e. The van der Waals surface area contributed by atoms with E-state index in [1.807, 2.05) is 0 Å². The molecule has 0 aliphatic rings. The molecule has 3 rings (SSSR count). The van der Waals surface area contributed by atoms with Crippen LogP contribution in [0, 0.1) is 10.1 Å². The van der Waals surface area contributed by atoms with Crippen LogP contribution < -0.4 is 4.74 Å². The van der Waals surface area contributed by atoms with Crippen molar-refractivity contribution in [3.63, 3.8) is 0 Å². The van der Waals surface area contributed by atoms with Gasteiger partial charge in [0.1, 0.15) is 5.75 Å². The van der Waals surface area contributed by atoms with Gasteiger partial charge in [-0.25, -0.2) is 4.79 Å². The van der Waals surface area contributed by atoms with E-state index in [0.29, 0.717) is 22.0 Å². The van der Waals surface area contributed by atoms with Crippen molar-refractivity contribution in [2.24, 2.45) is 4.99 Å². The fourth-order valence-corrected chi connectivity index (χ4v) is 2.31. The van der Waals surface area contributed by atoms with Gasteiger partial charge < -0.3 is 4.74 Å². The fourth-order valence-electron chi connectivity index (χ4n) is 2.18. The molecule has 0 aromatic heterocycles. The normalized spacial score (nSPS) is 10.7. The number of esters is 1. The van der Waals surface area contributed by atoms with Crippen molar-refractivity contribution >= 4 is 35.2 Å². The van der Waals surface area contributed by atoms with Crippen LogP contribution in [0.2, 0.25) is 5.02 Å². The van der Waals surface area contributed by atoms with Crippen LogP contribution in [0.25, 0.3) is 0 Å². The number of nitrogens with zero attached hydrogens (tertiary/aromatic N) is 2. The van der Waals surface area contributed by atoms with Gasteiger partial charge in [-0.1, -0.05) is 23.7 Å². The number of aliphatic imine (C=N–C) groups is 1. The number of benzene rings is 3. The number of hydrogen-bond donors (Lipinski definition) is 0. The van der Waals surface area contributed by atoms with Gasteiger partial charge in [-0.15, -0.1) is 0 Å². The van der Waals surface area contributed by atoms with Gasteiger partial charge in [0.15, 0.2) is 0 Å². The zero-order chi connectivity index (χ0) is 19.2. The summed E-state index contributed by atoms with van der Waals surface area (Å²) in [5, 5.41) is 11.2. The van der Waals surface area contributed by atoms with Crippen LogP contribution in [0.15, 0.2) is 77.8 Å². The predicted octanol–water partition coefficient (Wildman–Crippen LogP) is 5.22. The Hall–Kier alpha value is -3.51. The second kappa shape index (κ2) is 8.25. The second-order valence-corrected chi connectivity index (χ2v) is 5.93. The minimum atomic E-state index is -0.476. The van der Waals surface area contributed by atoms with Crippen molar-refractivity contribution in [3.05, 3.63) is 99.1 Å². The van der Waals surface area contributed by atoms with Crippen LogP contribution >= 0.6 is 11.6 Å². The number of halogens is 1. The summed E-state index contributed by atoms with van der Waals surface area (Å²) in [5.74, 6) is -0.0654. The zero-order valence-corrected chi connectivity index (χ0v) is 14.7. The third-order valence-electron chi connectivity index (χ3n) is 3.59. The molecule has 7 heteroatoms. The van der Waals surface area contributed by atoms with Gasteiger partial charge in [-0.05, 0) is 54.1 Å². The first-order valence-electron chi connectivity index (χ1n) is 7.87. The van der Waals surface area contributed by atoms with E-state index in [-0.39, 0.29) is 5.69 Å². The summed E-state index contributed by atoms with van der Waals surface area (Å²) in [6, 6.07) is 19.1. The molecule has 0 aliphatic carbocycles. The number of ether oxygens (including phenoxy) is 1. The van der Waals surface area contributed by atoms with E-state index in [1.165, 1.54) is 12.1 Å². The molecule has 0 heterocycles. The Bertz CT molecular complexity index is 982. The van der Waals surface area contributed by atoms with Crippen molar-refractivity contribution in [2.45, 2.75) is 0 Å². The summed E-state index contributed by atoms with van der Waals surface area (Å²) in [7, 11) is 0. The van der Waals surface area contributed by atoms with E-state index in [2.05, 4.69) is 4.99 Å². The summed E-state index contributed by atoms with van der Waals surface area (Å²) in [5.41, 5.74) is 1.78. The lowest BCUT2D eigenvalue weighted by Gasteiger charge is -2.04. The van der Waals surface area contributed by atoms with E-state index in [4.69, 9.17) is 16.3 Å². The molecule has 0 fully saturated rings. The molecule has 0 bridgehead atoms. The fraction of sp³-hybridized carbons (Fsp3) is 0. The lowest BCUT2D eigenvalue weighted by atomic mass is 10.1. The predicted molar refractivity (Wildman–Crippen MR) is 103 cm³/mol. The first-order chi connectivity index (χ1) is 13.0. The van der Waals surface area contributed by atoms with E-state index < -0.39 is 10.9 Å². The highest BCUT2D eigenvalue weighted by Crippen LogP contribution is 2.19. The van der Waals surface area contributed by atoms with Crippen molar-refractivity contribution < 1.29 is 14.5 Å². The number of hydrogen-bond acceptors (Lipinski definition) is 5. The molecule has 0 aliphatic heterocycles. The topological polar surface area (TPSA) is 81.8 Å². The van der Waals surface area contributed by atoms with Gasteiger partial charge in [0.05, 0.1) is 16.2 Å². The van der Waals surface area contributed by atoms with Gasteiger partial charge in [0, 0.05) is 23.4 Å². The third kappa shape index (κ3) is 4.99. The molecular formula is C20H13ClN2O4. The van der Waals surface area contributed by atoms with Gasteiger partial charge in [-0.3, -0.25) is 15.1 Å². The average Bonchev–Trinajstić information content (AvgIpc) is 2.69. The number of carbonyl (C=O) groups excluding carboxylic acids is 1. The van der Waals surface area contributed by atoms with Crippen LogP contribution in [0.1, 0.15) is 15.9 Å². The number of non-ortho nitro benzene ring substituents is 1. The molecule has 27 heavy (non-hydrogen) atoms. The second-order valence-electron chi connectivity index (χ2n) is 5.50. The first-order valence-corrected chi connectivity index (χ1v) is 8.25. The van der Waals surface area contributed by atoms with Crippen molar-refractivity contribution in [1.82, 2.24) is 0 Å². The lowest BCUT2D eigenvalue weighted by molar-refractivity contribution is -0.384. The Morgan fingerprint density at radius 3 is 2.19 bits per heavy atom. The molecule has 0 spiro atoms.